The Hall–Kier alpha value is -1.10. The standard InChI is InChI=1S/C5H5NO3S/c1-8-5-6-4(2-10-5)9-3-7/h2-3H,1H3. The van der Waals surface area contributed by atoms with Crippen molar-refractivity contribution in [2.45, 2.75) is 0 Å². The number of rotatable bonds is 3. The molecule has 1 heterocycles. The lowest BCUT2D eigenvalue weighted by Crippen LogP contribution is -1.88. The van der Waals surface area contributed by atoms with E-state index in [1.807, 2.05) is 0 Å². The summed E-state index contributed by atoms with van der Waals surface area (Å²) in [6, 6.07) is 0. The molecular formula is C5H5NO3S. The monoisotopic (exact) mass is 159 g/mol. The van der Waals surface area contributed by atoms with Crippen LogP contribution < -0.4 is 9.47 Å². The molecule has 0 atom stereocenters. The Morgan fingerprint density at radius 2 is 2.60 bits per heavy atom. The van der Waals surface area contributed by atoms with Crippen LogP contribution in [0.4, 0.5) is 0 Å². The fourth-order valence-electron chi connectivity index (χ4n) is 0.441. The number of carbonyl (C=O) groups is 1. The zero-order chi connectivity index (χ0) is 7.40. The first-order chi connectivity index (χ1) is 4.86. The van der Waals surface area contributed by atoms with E-state index in [-0.39, 0.29) is 5.88 Å². The van der Waals surface area contributed by atoms with Crippen LogP contribution in [-0.4, -0.2) is 18.6 Å². The SMILES string of the molecule is COc1nc(OC=O)cs1. The summed E-state index contributed by atoms with van der Waals surface area (Å²) in [6.45, 7) is 0.328. The molecule has 0 unspecified atom stereocenters. The van der Waals surface area contributed by atoms with Crippen molar-refractivity contribution < 1.29 is 14.3 Å². The maximum Gasteiger partial charge on any atom is 0.299 e. The van der Waals surface area contributed by atoms with Gasteiger partial charge in [0.05, 0.1) is 12.5 Å². The molecule has 1 rings (SSSR count). The van der Waals surface area contributed by atoms with Crippen LogP contribution in [0.1, 0.15) is 0 Å². The van der Waals surface area contributed by atoms with Crippen molar-refractivity contribution in [2.75, 3.05) is 7.11 Å². The van der Waals surface area contributed by atoms with E-state index < -0.39 is 0 Å². The number of hydrogen-bond donors (Lipinski definition) is 0. The van der Waals surface area contributed by atoms with Crippen LogP contribution in [-0.2, 0) is 4.79 Å². The molecule has 5 heteroatoms. The summed E-state index contributed by atoms with van der Waals surface area (Å²) in [5.41, 5.74) is 0. The predicted octanol–water partition coefficient (Wildman–Crippen LogP) is 0.687. The molecule has 0 N–H and O–H groups in total. The number of methoxy groups -OCH3 is 1. The first-order valence-corrected chi connectivity index (χ1v) is 3.34. The molecule has 0 radical (unpaired) electrons. The lowest BCUT2D eigenvalue weighted by atomic mass is 10.9. The smallest absolute Gasteiger partial charge is 0.299 e. The van der Waals surface area contributed by atoms with E-state index in [1.165, 1.54) is 18.4 Å². The van der Waals surface area contributed by atoms with E-state index >= 15 is 0 Å². The van der Waals surface area contributed by atoms with Crippen LogP contribution >= 0.6 is 11.3 Å². The zero-order valence-corrected chi connectivity index (χ0v) is 6.05. The normalized spacial score (nSPS) is 8.90. The van der Waals surface area contributed by atoms with Crippen molar-refractivity contribution in [3.05, 3.63) is 5.38 Å². The first-order valence-electron chi connectivity index (χ1n) is 2.46. The van der Waals surface area contributed by atoms with Gasteiger partial charge in [-0.15, -0.1) is 0 Å². The lowest BCUT2D eigenvalue weighted by Gasteiger charge is -1.87. The summed E-state index contributed by atoms with van der Waals surface area (Å²) in [4.78, 5) is 13.5. The quantitative estimate of drug-likeness (QED) is 0.609. The van der Waals surface area contributed by atoms with Gasteiger partial charge in [-0.3, -0.25) is 4.79 Å². The number of thiazole rings is 1. The Balaban J connectivity index is 2.67. The summed E-state index contributed by atoms with van der Waals surface area (Å²) in [5, 5.41) is 2.07. The third-order valence-corrected chi connectivity index (χ3v) is 1.58. The van der Waals surface area contributed by atoms with Crippen LogP contribution in [0.5, 0.6) is 11.1 Å². The Kier molecular flexibility index (Phi) is 2.22. The molecule has 1 aromatic heterocycles. The topological polar surface area (TPSA) is 48.4 Å². The molecule has 0 bridgehead atoms. The molecule has 0 amide bonds. The van der Waals surface area contributed by atoms with Crippen molar-refractivity contribution >= 4 is 17.8 Å². The van der Waals surface area contributed by atoms with Gasteiger partial charge in [-0.2, -0.15) is 4.98 Å². The summed E-state index contributed by atoms with van der Waals surface area (Å²) in [6.07, 6.45) is 0. The maximum atomic E-state index is 9.77. The van der Waals surface area contributed by atoms with E-state index in [0.717, 1.165) is 0 Å². The van der Waals surface area contributed by atoms with Gasteiger partial charge < -0.3 is 9.47 Å². The van der Waals surface area contributed by atoms with Gasteiger partial charge in [0.15, 0.2) is 0 Å². The second kappa shape index (κ2) is 3.17. The molecule has 0 aliphatic carbocycles. The molecule has 0 saturated carbocycles. The van der Waals surface area contributed by atoms with Crippen LogP contribution in [0, 0.1) is 0 Å². The number of nitrogens with zero attached hydrogens (tertiary/aromatic N) is 1. The minimum atomic E-state index is 0.275. The highest BCUT2D eigenvalue weighted by atomic mass is 32.1. The van der Waals surface area contributed by atoms with E-state index in [1.54, 1.807) is 5.38 Å². The molecule has 0 aromatic carbocycles. The van der Waals surface area contributed by atoms with Gasteiger partial charge in [0, 0.05) is 0 Å². The Morgan fingerprint density at radius 1 is 1.80 bits per heavy atom. The van der Waals surface area contributed by atoms with Crippen LogP contribution in [0.3, 0.4) is 0 Å². The second-order valence-corrected chi connectivity index (χ2v) is 2.19. The molecule has 1 aromatic rings. The Morgan fingerprint density at radius 3 is 3.10 bits per heavy atom. The molecule has 0 spiro atoms. The lowest BCUT2D eigenvalue weighted by molar-refractivity contribution is -0.120. The Bertz CT molecular complexity index is 222. The number of aromatic nitrogens is 1. The van der Waals surface area contributed by atoms with Gasteiger partial charge >= 0.3 is 0 Å². The largest absolute Gasteiger partial charge is 0.473 e. The van der Waals surface area contributed by atoms with Gasteiger partial charge in [-0.25, -0.2) is 0 Å². The van der Waals surface area contributed by atoms with Crippen molar-refractivity contribution in [3.63, 3.8) is 0 Å². The molecule has 0 aliphatic rings. The van der Waals surface area contributed by atoms with Gasteiger partial charge in [-0.05, 0) is 0 Å². The number of hydrogen-bond acceptors (Lipinski definition) is 5. The summed E-state index contributed by atoms with van der Waals surface area (Å²) < 4.78 is 9.18. The van der Waals surface area contributed by atoms with Gasteiger partial charge in [0.1, 0.15) is 0 Å². The molecule has 0 aliphatic heterocycles. The van der Waals surface area contributed by atoms with Gasteiger partial charge in [0.2, 0.25) is 5.88 Å². The minimum Gasteiger partial charge on any atom is -0.473 e. The fourth-order valence-corrected chi connectivity index (χ4v) is 0.989. The summed E-state index contributed by atoms with van der Waals surface area (Å²) in [5.74, 6) is 0.275. The Labute approximate surface area is 61.4 Å². The molecule has 0 fully saturated rings. The van der Waals surface area contributed by atoms with E-state index in [9.17, 15) is 4.79 Å². The van der Waals surface area contributed by atoms with Crippen LogP contribution in [0.2, 0.25) is 0 Å². The van der Waals surface area contributed by atoms with Gasteiger partial charge in [0.25, 0.3) is 11.7 Å². The van der Waals surface area contributed by atoms with E-state index in [2.05, 4.69) is 9.72 Å². The van der Waals surface area contributed by atoms with Crippen molar-refractivity contribution in [1.29, 1.82) is 0 Å². The number of ether oxygens (including phenoxy) is 2. The second-order valence-electron chi connectivity index (χ2n) is 1.37. The minimum absolute atomic E-state index is 0.275. The fraction of sp³-hybridized carbons (Fsp3) is 0.200. The highest BCUT2D eigenvalue weighted by Gasteiger charge is 1.99. The van der Waals surface area contributed by atoms with Gasteiger partial charge in [-0.1, -0.05) is 11.3 Å². The predicted molar refractivity (Wildman–Crippen MR) is 35.4 cm³/mol. The van der Waals surface area contributed by atoms with Crippen molar-refractivity contribution in [2.24, 2.45) is 0 Å². The molecule has 54 valence electrons. The average Bonchev–Trinajstić information content (AvgIpc) is 2.37. The molecule has 10 heavy (non-hydrogen) atoms. The van der Waals surface area contributed by atoms with Crippen molar-refractivity contribution in [3.8, 4) is 11.1 Å². The van der Waals surface area contributed by atoms with Crippen LogP contribution in [0.15, 0.2) is 5.38 Å². The van der Waals surface area contributed by atoms with Crippen LogP contribution in [0.25, 0.3) is 0 Å². The highest BCUT2D eigenvalue weighted by molar-refractivity contribution is 7.11. The molecular weight excluding hydrogens is 154 g/mol. The van der Waals surface area contributed by atoms with E-state index in [0.29, 0.717) is 11.7 Å². The third-order valence-electron chi connectivity index (χ3n) is 0.806. The average molecular weight is 159 g/mol. The number of carbonyl (C=O) groups excluding carboxylic acids is 1. The van der Waals surface area contributed by atoms with E-state index in [4.69, 9.17) is 4.74 Å². The summed E-state index contributed by atoms with van der Waals surface area (Å²) in [7, 11) is 1.50. The first kappa shape index (κ1) is 7.01. The van der Waals surface area contributed by atoms with Crippen molar-refractivity contribution in [1.82, 2.24) is 4.98 Å². The summed E-state index contributed by atoms with van der Waals surface area (Å²) >= 11 is 1.27. The third kappa shape index (κ3) is 1.44. The highest BCUT2D eigenvalue weighted by Crippen LogP contribution is 2.21. The zero-order valence-electron chi connectivity index (χ0n) is 5.23. The molecule has 4 nitrogen and oxygen atoms in total. The molecule has 0 saturated heterocycles. The maximum absolute atomic E-state index is 9.77.